The first kappa shape index (κ1) is 23.8. The number of hydrogen-bond acceptors (Lipinski definition) is 4. The van der Waals surface area contributed by atoms with E-state index in [9.17, 15) is 9.18 Å². The maximum Gasteiger partial charge on any atom is 0.266 e. The average Bonchev–Trinajstić information content (AvgIpc) is 3.15. The Kier molecular flexibility index (Phi) is 7.48. The van der Waals surface area contributed by atoms with Gasteiger partial charge in [0.1, 0.15) is 18.2 Å². The van der Waals surface area contributed by atoms with E-state index in [0.717, 1.165) is 23.2 Å². The van der Waals surface area contributed by atoms with Crippen LogP contribution in [0.5, 0.6) is 5.75 Å². The van der Waals surface area contributed by atoms with Crippen molar-refractivity contribution in [3.63, 3.8) is 0 Å². The van der Waals surface area contributed by atoms with Crippen LogP contribution in [-0.4, -0.2) is 22.0 Å². The van der Waals surface area contributed by atoms with Gasteiger partial charge in [0.25, 0.3) is 5.91 Å². The number of nitrogens with zero attached hydrogens (tertiary/aromatic N) is 2. The fourth-order valence-electron chi connectivity index (χ4n) is 3.42. The van der Waals surface area contributed by atoms with Gasteiger partial charge in [0.15, 0.2) is 5.17 Å². The fourth-order valence-corrected chi connectivity index (χ4v) is 4.51. The molecule has 1 amide bonds. The van der Waals surface area contributed by atoms with Crippen molar-refractivity contribution < 1.29 is 13.9 Å². The first-order valence-electron chi connectivity index (χ1n) is 11.3. The Balaban J connectivity index is 1.50. The molecule has 174 valence electrons. The quantitative estimate of drug-likeness (QED) is 0.343. The maximum absolute atomic E-state index is 13.2. The molecule has 0 aromatic heterocycles. The number of halogens is 1. The van der Waals surface area contributed by atoms with Crippen LogP contribution in [0.3, 0.4) is 0 Å². The van der Waals surface area contributed by atoms with Crippen molar-refractivity contribution >= 4 is 34.6 Å². The first-order valence-corrected chi connectivity index (χ1v) is 12.1. The topological polar surface area (TPSA) is 41.9 Å². The van der Waals surface area contributed by atoms with E-state index in [2.05, 4.69) is 6.92 Å². The number of thioether (sulfide) groups is 1. The van der Waals surface area contributed by atoms with Gasteiger partial charge >= 0.3 is 0 Å². The third-order valence-electron chi connectivity index (χ3n) is 5.62. The van der Waals surface area contributed by atoms with Crippen LogP contribution >= 0.6 is 11.8 Å². The second-order valence-corrected chi connectivity index (χ2v) is 9.27. The summed E-state index contributed by atoms with van der Waals surface area (Å²) in [6.07, 6.45) is 2.73. The lowest BCUT2D eigenvalue weighted by atomic mass is 10.2. The van der Waals surface area contributed by atoms with Gasteiger partial charge in [0.2, 0.25) is 0 Å². The SMILES string of the molecule is CC[C@H](C)N1C(=O)/C(=C\c2ccc(OCc3ccc(F)cc3)cc2)SC1=Nc1ccc(C)cc1. The highest BCUT2D eigenvalue weighted by atomic mass is 32.2. The number of hydrogen-bond donors (Lipinski definition) is 0. The summed E-state index contributed by atoms with van der Waals surface area (Å²) in [5, 5.41) is 0.703. The first-order chi connectivity index (χ1) is 16.4. The van der Waals surface area contributed by atoms with Crippen molar-refractivity contribution in [3.05, 3.63) is 100 Å². The molecule has 1 saturated heterocycles. The van der Waals surface area contributed by atoms with Crippen molar-refractivity contribution in [2.75, 3.05) is 0 Å². The molecule has 3 aromatic carbocycles. The third-order valence-corrected chi connectivity index (χ3v) is 6.61. The predicted molar refractivity (Wildman–Crippen MR) is 138 cm³/mol. The zero-order valence-electron chi connectivity index (χ0n) is 19.5. The highest BCUT2D eigenvalue weighted by Gasteiger charge is 2.36. The summed E-state index contributed by atoms with van der Waals surface area (Å²) in [5.74, 6) is 0.418. The van der Waals surface area contributed by atoms with Gasteiger partial charge in [-0.3, -0.25) is 9.69 Å². The minimum absolute atomic E-state index is 0.0261. The van der Waals surface area contributed by atoms with Crippen LogP contribution < -0.4 is 4.74 Å². The van der Waals surface area contributed by atoms with E-state index in [4.69, 9.17) is 9.73 Å². The molecule has 1 fully saturated rings. The molecule has 0 aliphatic carbocycles. The normalized spacial score (nSPS) is 16.9. The second-order valence-electron chi connectivity index (χ2n) is 8.26. The van der Waals surface area contributed by atoms with Crippen molar-refractivity contribution in [1.29, 1.82) is 0 Å². The molecular formula is C28H27FN2O2S. The van der Waals surface area contributed by atoms with Gasteiger partial charge in [-0.1, -0.05) is 48.9 Å². The average molecular weight is 475 g/mol. The highest BCUT2D eigenvalue weighted by molar-refractivity contribution is 8.18. The smallest absolute Gasteiger partial charge is 0.266 e. The van der Waals surface area contributed by atoms with Gasteiger partial charge in [0, 0.05) is 6.04 Å². The lowest BCUT2D eigenvalue weighted by Gasteiger charge is -2.22. The van der Waals surface area contributed by atoms with E-state index in [-0.39, 0.29) is 17.8 Å². The van der Waals surface area contributed by atoms with Gasteiger partial charge in [-0.2, -0.15) is 0 Å². The van der Waals surface area contributed by atoms with Gasteiger partial charge in [-0.05, 0) is 85.6 Å². The number of carbonyl (C=O) groups is 1. The van der Waals surface area contributed by atoms with Crippen LogP contribution in [0.1, 0.15) is 37.0 Å². The number of amidine groups is 1. The van der Waals surface area contributed by atoms with E-state index in [1.165, 1.54) is 29.5 Å². The number of aliphatic imine (C=N–C) groups is 1. The summed E-state index contributed by atoms with van der Waals surface area (Å²) in [5.41, 5.74) is 3.80. The predicted octanol–water partition coefficient (Wildman–Crippen LogP) is 7.12. The van der Waals surface area contributed by atoms with Crippen molar-refractivity contribution in [1.82, 2.24) is 4.90 Å². The molecular weight excluding hydrogens is 447 g/mol. The number of benzene rings is 3. The molecule has 0 unspecified atom stereocenters. The largest absolute Gasteiger partial charge is 0.489 e. The van der Waals surface area contributed by atoms with Crippen LogP contribution in [0, 0.1) is 12.7 Å². The van der Waals surface area contributed by atoms with Crippen LogP contribution in [0.25, 0.3) is 6.08 Å². The molecule has 1 heterocycles. The Labute approximate surface area is 204 Å². The van der Waals surface area contributed by atoms with E-state index < -0.39 is 0 Å². The van der Waals surface area contributed by atoms with Gasteiger partial charge in [0.05, 0.1) is 10.6 Å². The van der Waals surface area contributed by atoms with E-state index in [1.807, 2.05) is 68.5 Å². The Hall–Kier alpha value is -3.38. The number of ether oxygens (including phenoxy) is 1. The van der Waals surface area contributed by atoms with Gasteiger partial charge in [-0.25, -0.2) is 9.38 Å². The minimum Gasteiger partial charge on any atom is -0.489 e. The van der Waals surface area contributed by atoms with E-state index in [1.54, 1.807) is 17.0 Å². The lowest BCUT2D eigenvalue weighted by molar-refractivity contribution is -0.123. The van der Waals surface area contributed by atoms with E-state index >= 15 is 0 Å². The zero-order valence-corrected chi connectivity index (χ0v) is 20.3. The Bertz CT molecular complexity index is 1200. The summed E-state index contributed by atoms with van der Waals surface area (Å²) in [7, 11) is 0. The van der Waals surface area contributed by atoms with Crippen molar-refractivity contribution in [3.8, 4) is 5.75 Å². The minimum atomic E-state index is -0.264. The monoisotopic (exact) mass is 474 g/mol. The van der Waals surface area contributed by atoms with Crippen molar-refractivity contribution in [2.24, 2.45) is 4.99 Å². The zero-order chi connectivity index (χ0) is 24.1. The van der Waals surface area contributed by atoms with Crippen LogP contribution in [0.4, 0.5) is 10.1 Å². The Morgan fingerprint density at radius 2 is 1.71 bits per heavy atom. The summed E-state index contributed by atoms with van der Waals surface area (Å²) < 4.78 is 18.8. The molecule has 4 rings (SSSR count). The van der Waals surface area contributed by atoms with Crippen LogP contribution in [0.2, 0.25) is 0 Å². The molecule has 0 saturated carbocycles. The molecule has 0 N–H and O–H groups in total. The summed E-state index contributed by atoms with van der Waals surface area (Å²) >= 11 is 1.40. The number of amides is 1. The summed E-state index contributed by atoms with van der Waals surface area (Å²) in [6, 6.07) is 21.9. The number of aryl methyl sites for hydroxylation is 1. The molecule has 3 aromatic rings. The molecule has 6 heteroatoms. The highest BCUT2D eigenvalue weighted by Crippen LogP contribution is 2.36. The standard InChI is InChI=1S/C28H27FN2O2S/c1-4-20(3)31-27(32)26(34-28(31)30-24-13-5-19(2)6-14-24)17-21-9-15-25(16-10-21)33-18-22-7-11-23(29)12-8-22/h5-17,20H,4,18H2,1-3H3/b26-17+,30-28?/t20-/m0/s1. The van der Waals surface area contributed by atoms with Gasteiger partial charge < -0.3 is 4.74 Å². The molecule has 4 nitrogen and oxygen atoms in total. The molecule has 1 aliphatic heterocycles. The number of carbonyl (C=O) groups excluding carboxylic acids is 1. The molecule has 0 spiro atoms. The molecule has 1 atom stereocenters. The van der Waals surface area contributed by atoms with Gasteiger partial charge in [-0.15, -0.1) is 0 Å². The molecule has 34 heavy (non-hydrogen) atoms. The Morgan fingerprint density at radius 1 is 1.03 bits per heavy atom. The van der Waals surface area contributed by atoms with Crippen LogP contribution in [0.15, 0.2) is 82.7 Å². The fraction of sp³-hybridized carbons (Fsp3) is 0.214. The van der Waals surface area contributed by atoms with Crippen LogP contribution in [-0.2, 0) is 11.4 Å². The lowest BCUT2D eigenvalue weighted by Crippen LogP contribution is -2.36. The third kappa shape index (κ3) is 5.75. The van der Waals surface area contributed by atoms with Crippen molar-refractivity contribution in [2.45, 2.75) is 39.8 Å². The molecule has 1 aliphatic rings. The molecule has 0 bridgehead atoms. The summed E-state index contributed by atoms with van der Waals surface area (Å²) in [4.78, 5) is 20.4. The number of rotatable bonds is 7. The second kappa shape index (κ2) is 10.7. The maximum atomic E-state index is 13.2. The summed E-state index contributed by atoms with van der Waals surface area (Å²) in [6.45, 7) is 6.51. The molecule has 0 radical (unpaired) electrons. The van der Waals surface area contributed by atoms with E-state index in [0.29, 0.717) is 22.4 Å². The Morgan fingerprint density at radius 3 is 2.35 bits per heavy atom.